The minimum atomic E-state index is -1.38. The van der Waals surface area contributed by atoms with Gasteiger partial charge in [0, 0.05) is 17.7 Å². The number of nitrogen functional groups attached to an aromatic ring is 1. The number of carboxylic acid groups (broad SMARTS) is 1. The van der Waals surface area contributed by atoms with Crippen molar-refractivity contribution in [1.29, 1.82) is 5.41 Å². The topological polar surface area (TPSA) is 125 Å². The van der Waals surface area contributed by atoms with Crippen molar-refractivity contribution in [3.05, 3.63) is 101 Å². The molecule has 3 aromatic rings. The number of benzene rings is 3. The van der Waals surface area contributed by atoms with Crippen molar-refractivity contribution in [3.8, 4) is 0 Å². The van der Waals surface area contributed by atoms with Crippen molar-refractivity contribution in [1.82, 2.24) is 0 Å². The molecule has 1 saturated heterocycles. The summed E-state index contributed by atoms with van der Waals surface area (Å²) in [4.78, 5) is 39.9. The molecule has 0 saturated carbocycles. The number of nitrogens with two attached hydrogens (primary N) is 1. The third-order valence-electron chi connectivity index (χ3n) is 6.26. The molecule has 1 atom stereocenters. The zero-order chi connectivity index (χ0) is 24.3. The molecule has 7 heteroatoms. The van der Waals surface area contributed by atoms with Crippen LogP contribution in [-0.4, -0.2) is 35.1 Å². The summed E-state index contributed by atoms with van der Waals surface area (Å²) in [6.45, 7) is -0.0636. The molecule has 172 valence electrons. The number of carbonyl (C=O) groups is 3. The second kappa shape index (κ2) is 9.31. The van der Waals surface area contributed by atoms with E-state index in [0.717, 1.165) is 11.1 Å². The van der Waals surface area contributed by atoms with Gasteiger partial charge in [0.15, 0.2) is 5.78 Å². The largest absolute Gasteiger partial charge is 0.481 e. The number of amidine groups is 1. The third-order valence-corrected chi connectivity index (χ3v) is 6.26. The standard InChI is InChI=1S/C27H25N3O4/c28-25(29)20-9-13-22(14-10-20)30-17-23(31)27(26(30)34,16-19-4-2-1-3-5-19)21-11-6-18(7-12-21)8-15-24(32)33/h1-7,9-14H,8,15-17H2,(H3,28,29)(H,32,33). The van der Waals surface area contributed by atoms with Crippen LogP contribution in [-0.2, 0) is 32.6 Å². The van der Waals surface area contributed by atoms with Crippen molar-refractivity contribution in [2.24, 2.45) is 5.73 Å². The van der Waals surface area contributed by atoms with Crippen molar-refractivity contribution >= 4 is 29.2 Å². The SMILES string of the molecule is N=C(N)c1ccc(N2CC(=O)C(Cc3ccccc3)(c3ccc(CCC(=O)O)cc3)C2=O)cc1. The van der Waals surface area contributed by atoms with Crippen LogP contribution in [0.2, 0.25) is 0 Å². The predicted octanol–water partition coefficient (Wildman–Crippen LogP) is 3.08. The number of nitrogens with one attached hydrogen (secondary N) is 1. The van der Waals surface area contributed by atoms with E-state index in [2.05, 4.69) is 0 Å². The third kappa shape index (κ3) is 4.32. The van der Waals surface area contributed by atoms with Crippen LogP contribution in [0.3, 0.4) is 0 Å². The van der Waals surface area contributed by atoms with E-state index < -0.39 is 11.4 Å². The van der Waals surface area contributed by atoms with Crippen LogP contribution in [0, 0.1) is 5.41 Å². The Hall–Kier alpha value is -4.26. The molecule has 4 rings (SSSR count). The summed E-state index contributed by atoms with van der Waals surface area (Å²) in [6, 6.07) is 23.2. The number of carboxylic acids is 1. The first-order valence-corrected chi connectivity index (χ1v) is 11.0. The summed E-state index contributed by atoms with van der Waals surface area (Å²) in [5, 5.41) is 16.5. The zero-order valence-corrected chi connectivity index (χ0v) is 18.5. The molecular formula is C27H25N3O4. The smallest absolute Gasteiger partial charge is 0.303 e. The maximum atomic E-state index is 13.9. The lowest BCUT2D eigenvalue weighted by Crippen LogP contribution is -2.43. The van der Waals surface area contributed by atoms with E-state index in [1.807, 2.05) is 30.3 Å². The van der Waals surface area contributed by atoms with Crippen LogP contribution < -0.4 is 10.6 Å². The first kappa shape index (κ1) is 22.9. The van der Waals surface area contributed by atoms with E-state index in [0.29, 0.717) is 23.2 Å². The van der Waals surface area contributed by atoms with E-state index in [1.165, 1.54) is 4.90 Å². The highest BCUT2D eigenvalue weighted by Crippen LogP contribution is 2.39. The number of carbonyl (C=O) groups excluding carboxylic acids is 2. The molecule has 0 aromatic heterocycles. The van der Waals surface area contributed by atoms with Gasteiger partial charge in [0.1, 0.15) is 11.3 Å². The van der Waals surface area contributed by atoms with E-state index >= 15 is 0 Å². The summed E-state index contributed by atoms with van der Waals surface area (Å²) < 4.78 is 0. The van der Waals surface area contributed by atoms with Crippen molar-refractivity contribution < 1.29 is 19.5 Å². The lowest BCUT2D eigenvalue weighted by molar-refractivity contribution is -0.137. The Labute approximate surface area is 197 Å². The summed E-state index contributed by atoms with van der Waals surface area (Å²) in [6.07, 6.45) is 0.607. The molecule has 1 amide bonds. The molecule has 1 fully saturated rings. The summed E-state index contributed by atoms with van der Waals surface area (Å²) in [7, 11) is 0. The Morgan fingerprint density at radius 3 is 2.18 bits per heavy atom. The Balaban J connectivity index is 1.73. The van der Waals surface area contributed by atoms with Crippen LogP contribution in [0.1, 0.15) is 28.7 Å². The number of anilines is 1. The summed E-state index contributed by atoms with van der Waals surface area (Å²) in [5.41, 5.74) is 7.55. The number of nitrogens with zero attached hydrogens (tertiary/aromatic N) is 1. The fourth-order valence-corrected chi connectivity index (χ4v) is 4.40. The molecule has 0 radical (unpaired) electrons. The van der Waals surface area contributed by atoms with Crippen LogP contribution in [0.5, 0.6) is 0 Å². The van der Waals surface area contributed by atoms with Crippen LogP contribution in [0.25, 0.3) is 0 Å². The first-order chi connectivity index (χ1) is 16.3. The maximum Gasteiger partial charge on any atom is 0.303 e. The minimum absolute atomic E-state index is 0.0103. The Kier molecular flexibility index (Phi) is 6.27. The highest BCUT2D eigenvalue weighted by molar-refractivity contribution is 6.25. The molecule has 1 aliphatic rings. The predicted molar refractivity (Wildman–Crippen MR) is 129 cm³/mol. The van der Waals surface area contributed by atoms with Gasteiger partial charge in [-0.05, 0) is 53.8 Å². The monoisotopic (exact) mass is 455 g/mol. The first-order valence-electron chi connectivity index (χ1n) is 11.0. The fourth-order valence-electron chi connectivity index (χ4n) is 4.40. The van der Waals surface area contributed by atoms with E-state index in [4.69, 9.17) is 16.2 Å². The summed E-state index contributed by atoms with van der Waals surface area (Å²) in [5.74, 6) is -1.46. The summed E-state index contributed by atoms with van der Waals surface area (Å²) >= 11 is 0. The van der Waals surface area contributed by atoms with Crippen molar-refractivity contribution in [2.45, 2.75) is 24.7 Å². The quantitative estimate of drug-likeness (QED) is 0.274. The molecule has 1 aliphatic heterocycles. The Bertz CT molecular complexity index is 1240. The second-order valence-corrected chi connectivity index (χ2v) is 8.43. The molecule has 34 heavy (non-hydrogen) atoms. The number of Topliss-reactive ketones (excluding diaryl/α,β-unsaturated/α-hetero) is 1. The normalized spacial score (nSPS) is 17.7. The molecule has 0 aliphatic carbocycles. The zero-order valence-electron chi connectivity index (χ0n) is 18.5. The number of ketones is 1. The van der Waals surface area contributed by atoms with E-state index in [1.54, 1.807) is 48.5 Å². The van der Waals surface area contributed by atoms with Gasteiger partial charge in [0.25, 0.3) is 0 Å². The minimum Gasteiger partial charge on any atom is -0.481 e. The number of hydrogen-bond acceptors (Lipinski definition) is 4. The molecule has 0 bridgehead atoms. The van der Waals surface area contributed by atoms with E-state index in [9.17, 15) is 14.4 Å². The van der Waals surface area contributed by atoms with Gasteiger partial charge in [-0.3, -0.25) is 19.8 Å². The number of amides is 1. The lowest BCUT2D eigenvalue weighted by Gasteiger charge is -2.27. The van der Waals surface area contributed by atoms with Gasteiger partial charge >= 0.3 is 5.97 Å². The van der Waals surface area contributed by atoms with Gasteiger partial charge in [-0.15, -0.1) is 0 Å². The fraction of sp³-hybridized carbons (Fsp3) is 0.185. The van der Waals surface area contributed by atoms with Gasteiger partial charge in [0.05, 0.1) is 6.54 Å². The van der Waals surface area contributed by atoms with Crippen molar-refractivity contribution in [3.63, 3.8) is 0 Å². The molecule has 7 nitrogen and oxygen atoms in total. The highest BCUT2D eigenvalue weighted by atomic mass is 16.4. The Morgan fingerprint density at radius 1 is 0.941 bits per heavy atom. The molecular weight excluding hydrogens is 430 g/mol. The molecule has 3 aromatic carbocycles. The molecule has 1 unspecified atom stereocenters. The average molecular weight is 456 g/mol. The van der Waals surface area contributed by atoms with Gasteiger partial charge in [-0.2, -0.15) is 0 Å². The van der Waals surface area contributed by atoms with Crippen molar-refractivity contribution in [2.75, 3.05) is 11.4 Å². The second-order valence-electron chi connectivity index (χ2n) is 8.43. The average Bonchev–Trinajstić information content (AvgIpc) is 3.09. The lowest BCUT2D eigenvalue weighted by atomic mass is 9.73. The molecule has 4 N–H and O–H groups in total. The van der Waals surface area contributed by atoms with Crippen LogP contribution >= 0.6 is 0 Å². The molecule has 0 spiro atoms. The number of rotatable bonds is 8. The number of hydrogen-bond donors (Lipinski definition) is 3. The van der Waals surface area contributed by atoms with Crippen LogP contribution in [0.4, 0.5) is 5.69 Å². The van der Waals surface area contributed by atoms with Crippen LogP contribution in [0.15, 0.2) is 78.9 Å². The van der Waals surface area contributed by atoms with E-state index in [-0.39, 0.29) is 36.9 Å². The number of aliphatic carboxylic acids is 1. The van der Waals surface area contributed by atoms with Gasteiger partial charge in [-0.1, -0.05) is 54.6 Å². The van der Waals surface area contributed by atoms with Gasteiger partial charge < -0.3 is 15.7 Å². The Morgan fingerprint density at radius 2 is 1.59 bits per heavy atom. The maximum absolute atomic E-state index is 13.9. The molecule has 1 heterocycles. The van der Waals surface area contributed by atoms with Gasteiger partial charge in [-0.25, -0.2) is 0 Å². The van der Waals surface area contributed by atoms with Gasteiger partial charge in [0.2, 0.25) is 5.91 Å². The number of aryl methyl sites for hydroxylation is 1. The highest BCUT2D eigenvalue weighted by Gasteiger charge is 2.55.